The van der Waals surface area contributed by atoms with Gasteiger partial charge in [-0.25, -0.2) is 4.79 Å². The van der Waals surface area contributed by atoms with Crippen molar-refractivity contribution in [2.24, 2.45) is 0 Å². The van der Waals surface area contributed by atoms with Crippen LogP contribution in [0, 0.1) is 0 Å². The molecule has 0 aliphatic carbocycles. The zero-order valence-electron chi connectivity index (χ0n) is 7.87. The normalized spacial score (nSPS) is 14.1. The molecule has 1 aromatic carbocycles. The Hall–Kier alpha value is -1.22. The van der Waals surface area contributed by atoms with Crippen LogP contribution in [0.25, 0.3) is 0 Å². The van der Waals surface area contributed by atoms with Crippen LogP contribution in [0.3, 0.4) is 0 Å². The average molecular weight is 206 g/mol. The van der Waals surface area contributed by atoms with Crippen molar-refractivity contribution in [3.8, 4) is 0 Å². The lowest BCUT2D eigenvalue weighted by Gasteiger charge is -2.01. The van der Waals surface area contributed by atoms with E-state index in [1.165, 1.54) is 0 Å². The fraction of sp³-hybridized carbons (Fsp3) is 0.273. The lowest BCUT2D eigenvalue weighted by molar-refractivity contribution is 0.0741. The quantitative estimate of drug-likeness (QED) is 0.549. The Kier molecular flexibility index (Phi) is 2.33. The van der Waals surface area contributed by atoms with E-state index in [1.807, 2.05) is 18.2 Å². The molecule has 0 fully saturated rings. The van der Waals surface area contributed by atoms with Gasteiger partial charge in [0.25, 0.3) is 0 Å². The maximum Gasteiger partial charge on any atom is 0.345 e. The van der Waals surface area contributed by atoms with Gasteiger partial charge in [-0.15, -0.1) is 0 Å². The first kappa shape index (κ1) is 9.34. The number of carbonyl (C=O) groups is 1. The molecule has 0 bridgehead atoms. The van der Waals surface area contributed by atoms with Gasteiger partial charge in [-0.05, 0) is 30.3 Å². The number of rotatable bonds is 2. The van der Waals surface area contributed by atoms with Crippen molar-refractivity contribution in [3.63, 3.8) is 0 Å². The minimum atomic E-state index is -0.297. The molecule has 1 aliphatic rings. The highest BCUT2D eigenvalue weighted by Gasteiger charge is 2.28. The van der Waals surface area contributed by atoms with Crippen molar-refractivity contribution >= 4 is 23.2 Å². The Balaban J connectivity index is 2.56. The van der Waals surface area contributed by atoms with Crippen molar-refractivity contribution in [2.75, 3.05) is 0 Å². The maximum absolute atomic E-state index is 11.5. The average Bonchev–Trinajstić information content (AvgIpc) is 2.44. The first-order valence-electron chi connectivity index (χ1n) is 4.62. The summed E-state index contributed by atoms with van der Waals surface area (Å²) in [7, 11) is 0. The first-order valence-corrected chi connectivity index (χ1v) is 5.03. The molecule has 0 aromatic heterocycles. The summed E-state index contributed by atoms with van der Waals surface area (Å²) in [5, 5.41) is 0.308. The van der Waals surface area contributed by atoms with Crippen molar-refractivity contribution in [2.45, 2.75) is 19.8 Å². The predicted octanol–water partition coefficient (Wildman–Crippen LogP) is 2.49. The Morgan fingerprint density at radius 1 is 1.43 bits per heavy atom. The number of hydrogen-bond donors (Lipinski definition) is 0. The van der Waals surface area contributed by atoms with E-state index >= 15 is 0 Å². The second kappa shape index (κ2) is 3.50. The van der Waals surface area contributed by atoms with E-state index in [0.717, 1.165) is 24.0 Å². The monoisotopic (exact) mass is 206 g/mol. The van der Waals surface area contributed by atoms with E-state index in [1.54, 1.807) is 0 Å². The highest BCUT2D eigenvalue weighted by molar-refractivity contribution is 7.80. The van der Waals surface area contributed by atoms with Crippen molar-refractivity contribution in [1.82, 2.24) is 0 Å². The van der Waals surface area contributed by atoms with E-state index in [0.29, 0.717) is 10.6 Å². The molecular weight excluding hydrogens is 196 g/mol. The summed E-state index contributed by atoms with van der Waals surface area (Å²) in [6.07, 6.45) is 1.90. The van der Waals surface area contributed by atoms with Crippen molar-refractivity contribution < 1.29 is 9.53 Å². The highest BCUT2D eigenvalue weighted by atomic mass is 32.1. The molecule has 0 amide bonds. The molecule has 2 nitrogen and oxygen atoms in total. The summed E-state index contributed by atoms with van der Waals surface area (Å²) < 4.78 is 4.91. The van der Waals surface area contributed by atoms with Gasteiger partial charge in [-0.3, -0.25) is 0 Å². The summed E-state index contributed by atoms with van der Waals surface area (Å²) in [6, 6.07) is 5.71. The van der Waals surface area contributed by atoms with Gasteiger partial charge in [0.2, 0.25) is 5.05 Å². The van der Waals surface area contributed by atoms with Gasteiger partial charge in [0, 0.05) is 5.56 Å². The van der Waals surface area contributed by atoms with Crippen LogP contribution in [0.1, 0.15) is 34.8 Å². The van der Waals surface area contributed by atoms with Gasteiger partial charge in [0.1, 0.15) is 0 Å². The second-order valence-electron chi connectivity index (χ2n) is 3.27. The van der Waals surface area contributed by atoms with Crippen molar-refractivity contribution in [3.05, 3.63) is 34.9 Å². The summed E-state index contributed by atoms with van der Waals surface area (Å²) in [5.41, 5.74) is 2.48. The SMILES string of the molecule is CCCc1cccc2c1C(=O)OC2=S. The van der Waals surface area contributed by atoms with Crippen LogP contribution in [0.4, 0.5) is 0 Å². The number of hydrogen-bond acceptors (Lipinski definition) is 3. The zero-order chi connectivity index (χ0) is 10.1. The van der Waals surface area contributed by atoms with Gasteiger partial charge < -0.3 is 4.74 Å². The van der Waals surface area contributed by atoms with E-state index in [4.69, 9.17) is 17.0 Å². The lowest BCUT2D eigenvalue weighted by Crippen LogP contribution is -2.00. The number of ether oxygens (including phenoxy) is 1. The summed E-state index contributed by atoms with van der Waals surface area (Å²) >= 11 is 4.95. The van der Waals surface area contributed by atoms with E-state index in [9.17, 15) is 4.79 Å². The second-order valence-corrected chi connectivity index (χ2v) is 3.64. The topological polar surface area (TPSA) is 26.3 Å². The minimum absolute atomic E-state index is 0.297. The number of cyclic esters (lactones) is 1. The van der Waals surface area contributed by atoms with Crippen LogP contribution in [0.15, 0.2) is 18.2 Å². The van der Waals surface area contributed by atoms with E-state index in [-0.39, 0.29) is 5.97 Å². The van der Waals surface area contributed by atoms with Gasteiger partial charge >= 0.3 is 5.97 Å². The fourth-order valence-corrected chi connectivity index (χ4v) is 1.92. The summed E-state index contributed by atoms with van der Waals surface area (Å²) in [5.74, 6) is -0.297. The molecular formula is C11H10O2S. The van der Waals surface area contributed by atoms with Crippen LogP contribution in [0.2, 0.25) is 0 Å². The van der Waals surface area contributed by atoms with Crippen LogP contribution in [-0.2, 0) is 11.2 Å². The van der Waals surface area contributed by atoms with Gasteiger partial charge in [-0.1, -0.05) is 25.5 Å². The fourth-order valence-electron chi connectivity index (χ4n) is 1.68. The zero-order valence-corrected chi connectivity index (χ0v) is 8.69. The number of thiocarbonyl (C=S) groups is 1. The van der Waals surface area contributed by atoms with Crippen LogP contribution in [0.5, 0.6) is 0 Å². The van der Waals surface area contributed by atoms with Gasteiger partial charge in [0.05, 0.1) is 5.56 Å². The molecule has 2 rings (SSSR count). The number of carbonyl (C=O) groups excluding carboxylic acids is 1. The molecule has 0 radical (unpaired) electrons. The standard InChI is InChI=1S/C11H10O2S/c1-2-4-7-5-3-6-8-9(7)10(12)13-11(8)14/h3,5-6H,2,4H2,1H3. The number of esters is 1. The molecule has 0 N–H and O–H groups in total. The molecule has 14 heavy (non-hydrogen) atoms. The summed E-state index contributed by atoms with van der Waals surface area (Å²) in [6.45, 7) is 2.08. The van der Waals surface area contributed by atoms with Gasteiger partial charge in [-0.2, -0.15) is 0 Å². The maximum atomic E-state index is 11.5. The Bertz CT molecular complexity index is 410. The lowest BCUT2D eigenvalue weighted by atomic mass is 10.00. The molecule has 1 heterocycles. The Morgan fingerprint density at radius 3 is 2.93 bits per heavy atom. The number of aryl methyl sites for hydroxylation is 1. The molecule has 0 saturated heterocycles. The number of benzene rings is 1. The molecule has 1 aromatic rings. The third kappa shape index (κ3) is 1.34. The molecule has 0 unspecified atom stereocenters. The molecule has 3 heteroatoms. The molecule has 0 spiro atoms. The Morgan fingerprint density at radius 2 is 2.21 bits per heavy atom. The molecule has 1 aliphatic heterocycles. The largest absolute Gasteiger partial charge is 0.410 e. The minimum Gasteiger partial charge on any atom is -0.410 e. The molecule has 0 atom stereocenters. The van der Waals surface area contributed by atoms with Gasteiger partial charge in [0.15, 0.2) is 0 Å². The van der Waals surface area contributed by atoms with Crippen LogP contribution < -0.4 is 0 Å². The molecule has 72 valence electrons. The smallest absolute Gasteiger partial charge is 0.345 e. The van der Waals surface area contributed by atoms with E-state index < -0.39 is 0 Å². The third-order valence-electron chi connectivity index (χ3n) is 2.28. The number of fused-ring (bicyclic) bond motifs is 1. The first-order chi connectivity index (χ1) is 6.74. The summed E-state index contributed by atoms with van der Waals surface area (Å²) in [4.78, 5) is 11.5. The van der Waals surface area contributed by atoms with Crippen LogP contribution >= 0.6 is 12.2 Å². The Labute approximate surface area is 87.9 Å². The predicted molar refractivity (Wildman–Crippen MR) is 57.6 cm³/mol. The van der Waals surface area contributed by atoms with Crippen molar-refractivity contribution in [1.29, 1.82) is 0 Å². The third-order valence-corrected chi connectivity index (χ3v) is 2.58. The molecule has 0 saturated carbocycles. The van der Waals surface area contributed by atoms with Crippen LogP contribution in [-0.4, -0.2) is 11.0 Å². The highest BCUT2D eigenvalue weighted by Crippen LogP contribution is 2.24. The van der Waals surface area contributed by atoms with E-state index in [2.05, 4.69) is 6.92 Å².